The van der Waals surface area contributed by atoms with Crippen molar-refractivity contribution < 1.29 is 23.0 Å². The molecular formula is C32H31F2N7O3S. The van der Waals surface area contributed by atoms with Gasteiger partial charge in [0.15, 0.2) is 5.82 Å². The highest BCUT2D eigenvalue weighted by atomic mass is 32.1. The second-order valence-electron chi connectivity index (χ2n) is 12.8. The number of anilines is 2. The van der Waals surface area contributed by atoms with Crippen molar-refractivity contribution in [3.8, 4) is 23.2 Å². The molecule has 1 amide bonds. The maximum Gasteiger partial charge on any atom is 0.270 e. The number of piperazine rings is 1. The van der Waals surface area contributed by atoms with Gasteiger partial charge in [-0.15, -0.1) is 11.3 Å². The molecule has 4 aliphatic rings. The zero-order chi connectivity index (χ0) is 31.4. The van der Waals surface area contributed by atoms with Crippen LogP contribution in [0, 0.1) is 29.9 Å². The zero-order valence-electron chi connectivity index (χ0n) is 25.0. The van der Waals surface area contributed by atoms with Crippen LogP contribution < -0.4 is 26.0 Å². The molecule has 3 saturated heterocycles. The number of pyridine rings is 2. The summed E-state index contributed by atoms with van der Waals surface area (Å²) in [6.45, 7) is 7.34. The van der Waals surface area contributed by atoms with E-state index >= 15 is 4.39 Å². The second-order valence-corrected chi connectivity index (χ2v) is 13.9. The number of nitriles is 1. The Hall–Kier alpha value is -4.12. The number of aromatic nitrogens is 2. The largest absolute Gasteiger partial charge is 0.472 e. The topological polar surface area (TPSA) is 138 Å². The summed E-state index contributed by atoms with van der Waals surface area (Å²) < 4.78 is 44.4. The van der Waals surface area contributed by atoms with E-state index in [4.69, 9.17) is 25.2 Å². The average Bonchev–Trinajstić information content (AvgIpc) is 3.70. The third kappa shape index (κ3) is 4.12. The first-order chi connectivity index (χ1) is 21.6. The fourth-order valence-electron chi connectivity index (χ4n) is 7.75. The Labute approximate surface area is 261 Å². The Morgan fingerprint density at radius 3 is 2.84 bits per heavy atom. The number of nitrogens with one attached hydrogen (secondary N) is 2. The van der Waals surface area contributed by atoms with Gasteiger partial charge in [0.2, 0.25) is 5.88 Å². The number of thiophene rings is 1. The number of rotatable bonds is 3. The molecule has 3 fully saturated rings. The van der Waals surface area contributed by atoms with Crippen LogP contribution in [-0.4, -0.2) is 65.4 Å². The van der Waals surface area contributed by atoms with Crippen molar-refractivity contribution in [2.75, 3.05) is 30.4 Å². The lowest BCUT2D eigenvalue weighted by atomic mass is 9.95. The number of hydrogen-bond donors (Lipinski definition) is 3. The number of hydrogen-bond acceptors (Lipinski definition) is 10. The minimum Gasteiger partial charge on any atom is -0.472 e. The van der Waals surface area contributed by atoms with Crippen LogP contribution in [0.5, 0.6) is 5.88 Å². The molecule has 4 N–H and O–H groups in total. The molecule has 2 bridgehead atoms. The molecule has 8 rings (SSSR count). The van der Waals surface area contributed by atoms with Gasteiger partial charge in [-0.2, -0.15) is 5.26 Å². The summed E-state index contributed by atoms with van der Waals surface area (Å²) >= 11 is 0.932. The Morgan fingerprint density at radius 2 is 2.09 bits per heavy atom. The molecule has 0 unspecified atom stereocenters. The first kappa shape index (κ1) is 28.4. The smallest absolute Gasteiger partial charge is 0.270 e. The monoisotopic (exact) mass is 631 g/mol. The summed E-state index contributed by atoms with van der Waals surface area (Å²) in [7, 11) is 0. The number of fused-ring (bicyclic) bond motifs is 6. The van der Waals surface area contributed by atoms with E-state index in [2.05, 4.69) is 28.5 Å². The fourth-order valence-corrected chi connectivity index (χ4v) is 8.69. The molecule has 0 radical (unpaired) electrons. The van der Waals surface area contributed by atoms with E-state index in [1.54, 1.807) is 6.92 Å². The average molecular weight is 632 g/mol. The van der Waals surface area contributed by atoms with Crippen LogP contribution in [0.4, 0.5) is 19.6 Å². The van der Waals surface area contributed by atoms with Gasteiger partial charge in [0.25, 0.3) is 5.91 Å². The molecule has 232 valence electrons. The Morgan fingerprint density at radius 1 is 1.27 bits per heavy atom. The van der Waals surface area contributed by atoms with Crippen molar-refractivity contribution in [1.82, 2.24) is 20.6 Å². The van der Waals surface area contributed by atoms with E-state index in [-0.39, 0.29) is 78.6 Å². The lowest BCUT2D eigenvalue weighted by Crippen LogP contribution is -2.66. The molecule has 3 aromatic heterocycles. The van der Waals surface area contributed by atoms with E-state index in [1.165, 1.54) is 12.1 Å². The maximum absolute atomic E-state index is 17.2. The Balaban J connectivity index is 1.43. The second kappa shape index (κ2) is 9.94. The van der Waals surface area contributed by atoms with Gasteiger partial charge < -0.3 is 30.7 Å². The molecule has 4 aliphatic heterocycles. The Bertz CT molecular complexity index is 1990. The summed E-state index contributed by atoms with van der Waals surface area (Å²) in [6.07, 6.45) is 2.20. The third-order valence-corrected chi connectivity index (χ3v) is 10.9. The van der Waals surface area contributed by atoms with Gasteiger partial charge in [-0.3, -0.25) is 4.79 Å². The summed E-state index contributed by atoms with van der Waals surface area (Å²) in [5.41, 5.74) is 6.50. The predicted molar refractivity (Wildman–Crippen MR) is 167 cm³/mol. The minimum atomic E-state index is -0.714. The zero-order valence-corrected chi connectivity index (χ0v) is 25.8. The van der Waals surface area contributed by atoms with Crippen LogP contribution in [0.3, 0.4) is 0 Å². The molecule has 13 heteroatoms. The molecule has 10 nitrogen and oxygen atoms in total. The number of benzene rings is 1. The van der Waals surface area contributed by atoms with Gasteiger partial charge in [-0.1, -0.05) is 0 Å². The van der Waals surface area contributed by atoms with Gasteiger partial charge in [0.05, 0.1) is 34.3 Å². The van der Waals surface area contributed by atoms with E-state index in [9.17, 15) is 14.4 Å². The quantitative estimate of drug-likeness (QED) is 0.297. The summed E-state index contributed by atoms with van der Waals surface area (Å²) in [4.78, 5) is 25.7. The first-order valence-electron chi connectivity index (χ1n) is 15.1. The van der Waals surface area contributed by atoms with Crippen molar-refractivity contribution in [2.45, 2.75) is 69.8 Å². The number of nitrogens with two attached hydrogens (primary N) is 1. The van der Waals surface area contributed by atoms with Crippen LogP contribution in [0.15, 0.2) is 12.1 Å². The molecule has 1 aromatic carbocycles. The fraction of sp³-hybridized carbons (Fsp3) is 0.438. The number of aryl methyl sites for hydroxylation is 1. The molecular weight excluding hydrogens is 600 g/mol. The summed E-state index contributed by atoms with van der Waals surface area (Å²) in [6, 6.07) is 4.44. The van der Waals surface area contributed by atoms with E-state index in [0.29, 0.717) is 42.9 Å². The minimum absolute atomic E-state index is 0.0596. The lowest BCUT2D eigenvalue weighted by molar-refractivity contribution is 0.0924. The van der Waals surface area contributed by atoms with Crippen LogP contribution in [0.1, 0.15) is 54.7 Å². The van der Waals surface area contributed by atoms with E-state index in [0.717, 1.165) is 24.2 Å². The number of halogens is 2. The van der Waals surface area contributed by atoms with Crippen LogP contribution in [0.2, 0.25) is 0 Å². The molecule has 4 aromatic rings. The maximum atomic E-state index is 17.2. The molecule has 45 heavy (non-hydrogen) atoms. The molecule has 0 aliphatic carbocycles. The molecule has 0 spiro atoms. The van der Waals surface area contributed by atoms with Gasteiger partial charge >= 0.3 is 0 Å². The Kier molecular flexibility index (Phi) is 6.26. The van der Waals surface area contributed by atoms with E-state index < -0.39 is 17.5 Å². The number of nitrogen functional groups attached to an aromatic ring is 1. The third-order valence-electron chi connectivity index (χ3n) is 9.82. The van der Waals surface area contributed by atoms with Crippen molar-refractivity contribution in [2.24, 2.45) is 0 Å². The van der Waals surface area contributed by atoms with Crippen molar-refractivity contribution >= 4 is 48.9 Å². The predicted octanol–water partition coefficient (Wildman–Crippen LogP) is 4.55. The molecule has 7 heterocycles. The summed E-state index contributed by atoms with van der Waals surface area (Å²) in [5.74, 6) is -1.08. The van der Waals surface area contributed by atoms with Crippen molar-refractivity contribution in [3.63, 3.8) is 0 Å². The standard InChI is InChI=1S/C32H31F2N7O3S/c1-13-20-22-29(38-24(13)30(42)37-15-7-9-43-11-15)41-12-32(3)8-6-19(40-32)26(41)14(2)44-31(22)39-25(23(20)34)16-4-5-18(33)27-21(16)17(10-35)28(36)45-27/h4-5,14-15,19,26,40H,6-9,11-12,36H2,1-3H3,(H,37,42)/t14-,15-,19-,26+,32+/m0/s1. The van der Waals surface area contributed by atoms with Gasteiger partial charge in [-0.25, -0.2) is 18.7 Å². The SMILES string of the molecule is Cc1c(C(=O)N[C@H]2CCOC2)nc2c3c(nc(-c4ccc(F)c5sc(N)c(C#N)c45)c(F)c13)O[C@@H](C)[C@@H]1[C@@H]3CC[C@](C)(CN21)N3. The van der Waals surface area contributed by atoms with Gasteiger partial charge in [0, 0.05) is 41.1 Å². The van der Waals surface area contributed by atoms with Crippen molar-refractivity contribution in [1.29, 1.82) is 5.26 Å². The highest BCUT2D eigenvalue weighted by molar-refractivity contribution is 7.23. The number of nitrogens with zero attached hydrogens (tertiary/aromatic N) is 4. The van der Waals surface area contributed by atoms with Gasteiger partial charge in [-0.05, 0) is 57.7 Å². The van der Waals surface area contributed by atoms with E-state index in [1.807, 2.05) is 6.92 Å². The lowest BCUT2D eigenvalue weighted by Gasteiger charge is -2.46. The number of carbonyl (C=O) groups is 1. The van der Waals surface area contributed by atoms with Crippen molar-refractivity contribution in [3.05, 3.63) is 40.6 Å². The normalized spacial score (nSPS) is 26.9. The van der Waals surface area contributed by atoms with Crippen LogP contribution in [0.25, 0.3) is 32.1 Å². The van der Waals surface area contributed by atoms with Crippen LogP contribution >= 0.6 is 11.3 Å². The molecule has 5 atom stereocenters. The highest BCUT2D eigenvalue weighted by Gasteiger charge is 2.51. The summed E-state index contributed by atoms with van der Waals surface area (Å²) in [5, 5.41) is 17.6. The first-order valence-corrected chi connectivity index (χ1v) is 15.9. The van der Waals surface area contributed by atoms with Gasteiger partial charge in [0.1, 0.15) is 40.2 Å². The molecule has 0 saturated carbocycles. The van der Waals surface area contributed by atoms with Crippen LogP contribution in [-0.2, 0) is 4.74 Å². The number of carbonyl (C=O) groups excluding carboxylic acids is 1. The highest BCUT2D eigenvalue weighted by Crippen LogP contribution is 2.48. The number of ether oxygens (including phenoxy) is 2. The number of amides is 1.